The molecule has 2 nitrogen and oxygen atoms in total. The Bertz CT molecular complexity index is 546. The van der Waals surface area contributed by atoms with Crippen LogP contribution in [0.5, 0.6) is 0 Å². The van der Waals surface area contributed by atoms with Gasteiger partial charge >= 0.3 is 6.18 Å². The van der Waals surface area contributed by atoms with Crippen molar-refractivity contribution in [3.63, 3.8) is 0 Å². The summed E-state index contributed by atoms with van der Waals surface area (Å²) in [5, 5.41) is 6.41. The Morgan fingerprint density at radius 1 is 1.04 bits per heavy atom. The van der Waals surface area contributed by atoms with Crippen molar-refractivity contribution in [3.05, 3.63) is 35.4 Å². The minimum absolute atomic E-state index is 0.0348. The topological polar surface area (TPSA) is 24.1 Å². The summed E-state index contributed by atoms with van der Waals surface area (Å²) in [6.45, 7) is 10.5. The molecule has 0 aliphatic rings. The fraction of sp³-hybridized carbons (Fsp3) is 0.588. The summed E-state index contributed by atoms with van der Waals surface area (Å²) in [5.74, 6) is 0. The molecule has 1 aromatic rings. The van der Waals surface area contributed by atoms with Gasteiger partial charge in [0.05, 0.1) is 5.56 Å². The molecule has 0 atom stereocenters. The van der Waals surface area contributed by atoms with Gasteiger partial charge in [-0.1, -0.05) is 39.0 Å². The third-order valence-electron chi connectivity index (χ3n) is 3.19. The quantitative estimate of drug-likeness (QED) is 0.760. The summed E-state index contributed by atoms with van der Waals surface area (Å²) in [6, 6.07) is 5.51. The van der Waals surface area contributed by atoms with Gasteiger partial charge < -0.3 is 10.6 Å². The van der Waals surface area contributed by atoms with Crippen molar-refractivity contribution in [3.8, 4) is 0 Å². The van der Waals surface area contributed by atoms with Crippen molar-refractivity contribution >= 4 is 17.3 Å². The molecule has 0 aliphatic carbocycles. The summed E-state index contributed by atoms with van der Waals surface area (Å²) < 4.78 is 38.9. The molecule has 0 saturated heterocycles. The number of halogens is 3. The SMILES string of the molecule is CC(C)(C)CC(C)(C)NC(=S)NCc1ccccc1C(F)(F)F. The summed E-state index contributed by atoms with van der Waals surface area (Å²) in [4.78, 5) is 0. The van der Waals surface area contributed by atoms with E-state index in [1.54, 1.807) is 6.07 Å². The molecule has 0 saturated carbocycles. The number of hydrogen-bond acceptors (Lipinski definition) is 1. The molecular weight excluding hydrogens is 321 g/mol. The van der Waals surface area contributed by atoms with Crippen molar-refractivity contribution in [2.75, 3.05) is 0 Å². The number of benzene rings is 1. The summed E-state index contributed by atoms with van der Waals surface area (Å²) in [7, 11) is 0. The summed E-state index contributed by atoms with van der Waals surface area (Å²) in [5.41, 5.74) is -0.581. The second kappa shape index (κ2) is 7.07. The fourth-order valence-corrected chi connectivity index (χ4v) is 3.20. The van der Waals surface area contributed by atoms with Crippen molar-refractivity contribution in [2.45, 2.75) is 59.3 Å². The third-order valence-corrected chi connectivity index (χ3v) is 3.43. The number of nitrogens with one attached hydrogen (secondary N) is 2. The van der Waals surface area contributed by atoms with E-state index in [4.69, 9.17) is 12.2 Å². The molecule has 0 spiro atoms. The molecule has 0 aromatic heterocycles. The molecular formula is C17H25F3N2S. The van der Waals surface area contributed by atoms with Gasteiger partial charge in [0.15, 0.2) is 5.11 Å². The second-order valence-electron chi connectivity index (χ2n) is 7.58. The normalized spacial score (nSPS) is 12.9. The molecule has 0 bridgehead atoms. The van der Waals surface area contributed by atoms with Gasteiger partial charge in [0, 0.05) is 12.1 Å². The minimum Gasteiger partial charge on any atom is -0.359 e. The highest BCUT2D eigenvalue weighted by atomic mass is 32.1. The van der Waals surface area contributed by atoms with E-state index >= 15 is 0 Å². The standard InChI is InChI=1S/C17H25F3N2S/c1-15(2,3)11-16(4,5)22-14(23)21-10-12-8-6-7-9-13(12)17(18,19)20/h6-9H,10-11H2,1-5H3,(H2,21,22,23). The highest BCUT2D eigenvalue weighted by Gasteiger charge is 2.33. The lowest BCUT2D eigenvalue weighted by molar-refractivity contribution is -0.138. The zero-order chi connectivity index (χ0) is 17.9. The average Bonchev–Trinajstić information content (AvgIpc) is 2.32. The second-order valence-corrected chi connectivity index (χ2v) is 7.99. The van der Waals surface area contributed by atoms with E-state index in [1.165, 1.54) is 12.1 Å². The van der Waals surface area contributed by atoms with Crippen LogP contribution in [0.25, 0.3) is 0 Å². The van der Waals surface area contributed by atoms with Gasteiger partial charge in [-0.05, 0) is 49.5 Å². The molecule has 0 unspecified atom stereocenters. The van der Waals surface area contributed by atoms with Gasteiger partial charge in [-0.3, -0.25) is 0 Å². The average molecular weight is 346 g/mol. The maximum Gasteiger partial charge on any atom is 0.416 e. The van der Waals surface area contributed by atoms with E-state index in [0.717, 1.165) is 12.5 Å². The highest BCUT2D eigenvalue weighted by molar-refractivity contribution is 7.80. The van der Waals surface area contributed by atoms with Gasteiger partial charge in [-0.25, -0.2) is 0 Å². The van der Waals surface area contributed by atoms with Crippen LogP contribution in [0.3, 0.4) is 0 Å². The van der Waals surface area contributed by atoms with Crippen LogP contribution in [-0.4, -0.2) is 10.7 Å². The fourth-order valence-electron chi connectivity index (χ4n) is 2.85. The first-order valence-corrected chi connectivity index (χ1v) is 7.92. The molecule has 130 valence electrons. The van der Waals surface area contributed by atoms with Crippen LogP contribution in [0, 0.1) is 5.41 Å². The first kappa shape index (κ1) is 19.7. The summed E-state index contributed by atoms with van der Waals surface area (Å²) in [6.07, 6.45) is -3.49. The van der Waals surface area contributed by atoms with Gasteiger partial charge in [0.25, 0.3) is 0 Å². The molecule has 0 heterocycles. The van der Waals surface area contributed by atoms with Gasteiger partial charge in [0.1, 0.15) is 0 Å². The maximum atomic E-state index is 13.0. The monoisotopic (exact) mass is 346 g/mol. The van der Waals surface area contributed by atoms with Crippen molar-refractivity contribution in [2.24, 2.45) is 5.41 Å². The lowest BCUT2D eigenvalue weighted by Gasteiger charge is -2.34. The Labute approximate surface area is 141 Å². The molecule has 23 heavy (non-hydrogen) atoms. The lowest BCUT2D eigenvalue weighted by Crippen LogP contribution is -2.49. The summed E-state index contributed by atoms with van der Waals surface area (Å²) >= 11 is 5.22. The Hall–Kier alpha value is -1.30. The molecule has 0 fully saturated rings. The van der Waals surface area contributed by atoms with Crippen LogP contribution in [0.1, 0.15) is 52.2 Å². The first-order valence-electron chi connectivity index (χ1n) is 7.51. The van der Waals surface area contributed by atoms with E-state index in [-0.39, 0.29) is 23.1 Å². The van der Waals surface area contributed by atoms with Crippen LogP contribution in [0.2, 0.25) is 0 Å². The lowest BCUT2D eigenvalue weighted by atomic mass is 9.82. The smallest absolute Gasteiger partial charge is 0.359 e. The maximum absolute atomic E-state index is 13.0. The Balaban J connectivity index is 2.68. The Kier molecular flexibility index (Phi) is 6.07. The molecule has 6 heteroatoms. The van der Waals surface area contributed by atoms with Gasteiger partial charge in [-0.2, -0.15) is 13.2 Å². The predicted octanol–water partition coefficient (Wildman–Crippen LogP) is 4.88. The predicted molar refractivity (Wildman–Crippen MR) is 92.2 cm³/mol. The minimum atomic E-state index is -4.36. The molecule has 1 rings (SSSR count). The zero-order valence-electron chi connectivity index (χ0n) is 14.3. The van der Waals surface area contributed by atoms with Crippen LogP contribution < -0.4 is 10.6 Å². The molecule has 0 radical (unpaired) electrons. The van der Waals surface area contributed by atoms with Gasteiger partial charge in [0.2, 0.25) is 0 Å². The number of alkyl halides is 3. The van der Waals surface area contributed by atoms with E-state index < -0.39 is 11.7 Å². The van der Waals surface area contributed by atoms with E-state index in [0.29, 0.717) is 5.11 Å². The Morgan fingerprint density at radius 2 is 1.61 bits per heavy atom. The molecule has 1 aromatic carbocycles. The van der Waals surface area contributed by atoms with E-state index in [9.17, 15) is 13.2 Å². The number of thiocarbonyl (C=S) groups is 1. The number of hydrogen-bond donors (Lipinski definition) is 2. The largest absolute Gasteiger partial charge is 0.416 e. The highest BCUT2D eigenvalue weighted by Crippen LogP contribution is 2.31. The van der Waals surface area contributed by atoms with E-state index in [1.807, 2.05) is 13.8 Å². The van der Waals surface area contributed by atoms with E-state index in [2.05, 4.69) is 31.4 Å². The van der Waals surface area contributed by atoms with Crippen molar-refractivity contribution in [1.29, 1.82) is 0 Å². The Morgan fingerprint density at radius 3 is 2.13 bits per heavy atom. The zero-order valence-corrected chi connectivity index (χ0v) is 15.1. The van der Waals surface area contributed by atoms with Crippen LogP contribution in [0.4, 0.5) is 13.2 Å². The molecule has 0 amide bonds. The first-order chi connectivity index (χ1) is 10.3. The van der Waals surface area contributed by atoms with Crippen molar-refractivity contribution in [1.82, 2.24) is 10.6 Å². The molecule has 0 aliphatic heterocycles. The van der Waals surface area contributed by atoms with Crippen LogP contribution >= 0.6 is 12.2 Å². The third kappa shape index (κ3) is 7.20. The van der Waals surface area contributed by atoms with Gasteiger partial charge in [-0.15, -0.1) is 0 Å². The molecule has 2 N–H and O–H groups in total. The number of rotatable bonds is 4. The van der Waals surface area contributed by atoms with Crippen LogP contribution in [0.15, 0.2) is 24.3 Å². The van der Waals surface area contributed by atoms with Crippen LogP contribution in [-0.2, 0) is 12.7 Å². The van der Waals surface area contributed by atoms with Crippen molar-refractivity contribution < 1.29 is 13.2 Å².